The molecule has 0 saturated carbocycles. The molecule has 0 unspecified atom stereocenters. The van der Waals surface area contributed by atoms with Gasteiger partial charge in [0.25, 0.3) is 0 Å². The van der Waals surface area contributed by atoms with Gasteiger partial charge in [0.1, 0.15) is 12.4 Å². The first-order valence-corrected chi connectivity index (χ1v) is 7.72. The average Bonchev–Trinajstić information content (AvgIpc) is 2.59. The van der Waals surface area contributed by atoms with Crippen molar-refractivity contribution in [2.24, 2.45) is 5.16 Å². The number of hydrogen-bond donors (Lipinski definition) is 0. The first-order chi connectivity index (χ1) is 11.7. The second kappa shape index (κ2) is 8.82. The Morgan fingerprint density at radius 2 is 1.58 bits per heavy atom. The third-order valence-electron chi connectivity index (χ3n) is 3.53. The first kappa shape index (κ1) is 17.7. The molecule has 0 fully saturated rings. The Bertz CT molecular complexity index is 678. The van der Waals surface area contributed by atoms with Crippen molar-refractivity contribution in [2.45, 2.75) is 13.8 Å². The van der Waals surface area contributed by atoms with Crippen LogP contribution in [0.2, 0.25) is 0 Å². The van der Waals surface area contributed by atoms with Crippen molar-refractivity contribution >= 4 is 6.21 Å². The molecule has 2 rings (SSSR count). The second-order valence-corrected chi connectivity index (χ2v) is 5.22. The molecule has 0 heterocycles. The van der Waals surface area contributed by atoms with Crippen LogP contribution < -0.4 is 14.2 Å². The summed E-state index contributed by atoms with van der Waals surface area (Å²) in [5.41, 5.74) is 3.01. The quantitative estimate of drug-likeness (QED) is 0.420. The Morgan fingerprint density at radius 3 is 2.25 bits per heavy atom. The third kappa shape index (κ3) is 4.41. The standard InChI is InChI=1S/C19H23NO4/c1-14-7-5-8-15(2)18(14)23-11-12-24-20-13-16-9-6-10-17(21-3)19(16)22-4/h5-10,13H,11-12H2,1-4H3. The molecule has 2 aromatic rings. The van der Waals surface area contributed by atoms with Gasteiger partial charge >= 0.3 is 0 Å². The summed E-state index contributed by atoms with van der Waals surface area (Å²) in [6.07, 6.45) is 1.60. The van der Waals surface area contributed by atoms with E-state index in [2.05, 4.69) is 5.16 Å². The van der Waals surface area contributed by atoms with Crippen LogP contribution in [0.4, 0.5) is 0 Å². The smallest absolute Gasteiger partial charge is 0.169 e. The van der Waals surface area contributed by atoms with Gasteiger partial charge in [0.15, 0.2) is 18.1 Å². The van der Waals surface area contributed by atoms with Gasteiger partial charge in [-0.1, -0.05) is 29.4 Å². The molecular weight excluding hydrogens is 306 g/mol. The van der Waals surface area contributed by atoms with Crippen LogP contribution in [0.15, 0.2) is 41.6 Å². The maximum absolute atomic E-state index is 5.76. The molecular formula is C19H23NO4. The highest BCUT2D eigenvalue weighted by molar-refractivity contribution is 5.84. The van der Waals surface area contributed by atoms with Gasteiger partial charge in [-0.25, -0.2) is 0 Å². The maximum Gasteiger partial charge on any atom is 0.169 e. The van der Waals surface area contributed by atoms with Crippen molar-refractivity contribution in [3.8, 4) is 17.2 Å². The molecule has 0 radical (unpaired) electrons. The van der Waals surface area contributed by atoms with E-state index in [-0.39, 0.29) is 0 Å². The highest BCUT2D eigenvalue weighted by Gasteiger charge is 2.07. The van der Waals surface area contributed by atoms with Crippen molar-refractivity contribution < 1.29 is 19.0 Å². The molecule has 0 N–H and O–H groups in total. The highest BCUT2D eigenvalue weighted by Crippen LogP contribution is 2.29. The topological polar surface area (TPSA) is 49.3 Å². The van der Waals surface area contributed by atoms with Gasteiger partial charge in [0, 0.05) is 5.56 Å². The van der Waals surface area contributed by atoms with Gasteiger partial charge in [-0.05, 0) is 37.1 Å². The van der Waals surface area contributed by atoms with Gasteiger partial charge in [-0.15, -0.1) is 0 Å². The van der Waals surface area contributed by atoms with Crippen molar-refractivity contribution in [3.63, 3.8) is 0 Å². The number of para-hydroxylation sites is 2. The fraction of sp³-hybridized carbons (Fsp3) is 0.316. The zero-order valence-electron chi connectivity index (χ0n) is 14.5. The lowest BCUT2D eigenvalue weighted by Crippen LogP contribution is -2.06. The molecule has 0 aliphatic rings. The summed E-state index contributed by atoms with van der Waals surface area (Å²) >= 11 is 0. The summed E-state index contributed by atoms with van der Waals surface area (Å²) in [6, 6.07) is 11.6. The van der Waals surface area contributed by atoms with E-state index >= 15 is 0 Å². The number of hydrogen-bond acceptors (Lipinski definition) is 5. The van der Waals surface area contributed by atoms with Crippen LogP contribution in [0.25, 0.3) is 0 Å². The van der Waals surface area contributed by atoms with Crippen molar-refractivity contribution in [3.05, 3.63) is 53.1 Å². The number of oxime groups is 1. The Morgan fingerprint density at radius 1 is 0.875 bits per heavy atom. The Balaban J connectivity index is 1.86. The van der Waals surface area contributed by atoms with Gasteiger partial charge < -0.3 is 19.0 Å². The molecule has 0 saturated heterocycles. The number of rotatable bonds is 8. The predicted octanol–water partition coefficient (Wildman–Crippen LogP) is 3.75. The van der Waals surface area contributed by atoms with E-state index in [9.17, 15) is 0 Å². The van der Waals surface area contributed by atoms with E-state index in [1.165, 1.54) is 0 Å². The van der Waals surface area contributed by atoms with Crippen LogP contribution in [-0.4, -0.2) is 33.6 Å². The van der Waals surface area contributed by atoms with Crippen LogP contribution in [0.5, 0.6) is 17.2 Å². The molecule has 128 valence electrons. The predicted molar refractivity (Wildman–Crippen MR) is 94.5 cm³/mol. The van der Waals surface area contributed by atoms with Crippen LogP contribution in [-0.2, 0) is 4.84 Å². The second-order valence-electron chi connectivity index (χ2n) is 5.22. The maximum atomic E-state index is 5.76. The Labute approximate surface area is 142 Å². The van der Waals surface area contributed by atoms with Gasteiger partial charge in [0.2, 0.25) is 0 Å². The average molecular weight is 329 g/mol. The van der Waals surface area contributed by atoms with Crippen molar-refractivity contribution in [1.29, 1.82) is 0 Å². The largest absolute Gasteiger partial charge is 0.493 e. The lowest BCUT2D eigenvalue weighted by atomic mass is 10.1. The van der Waals surface area contributed by atoms with Gasteiger partial charge in [-0.3, -0.25) is 0 Å². The van der Waals surface area contributed by atoms with Crippen molar-refractivity contribution in [2.75, 3.05) is 27.4 Å². The number of nitrogens with zero attached hydrogens (tertiary/aromatic N) is 1. The zero-order chi connectivity index (χ0) is 17.4. The lowest BCUT2D eigenvalue weighted by molar-refractivity contribution is 0.108. The zero-order valence-corrected chi connectivity index (χ0v) is 14.5. The molecule has 0 aliphatic heterocycles. The molecule has 24 heavy (non-hydrogen) atoms. The normalized spacial score (nSPS) is 10.7. The fourth-order valence-electron chi connectivity index (χ4n) is 2.37. The monoisotopic (exact) mass is 329 g/mol. The molecule has 0 atom stereocenters. The molecule has 0 spiro atoms. The van der Waals surface area contributed by atoms with Crippen molar-refractivity contribution in [1.82, 2.24) is 0 Å². The Hall–Kier alpha value is -2.69. The summed E-state index contributed by atoms with van der Waals surface area (Å²) in [4.78, 5) is 5.26. The number of benzene rings is 2. The van der Waals surface area contributed by atoms with Crippen LogP contribution in [0.1, 0.15) is 16.7 Å². The minimum Gasteiger partial charge on any atom is -0.493 e. The molecule has 5 heteroatoms. The molecule has 5 nitrogen and oxygen atoms in total. The number of methoxy groups -OCH3 is 2. The summed E-state index contributed by atoms with van der Waals surface area (Å²) < 4.78 is 16.3. The third-order valence-corrected chi connectivity index (χ3v) is 3.53. The minimum atomic E-state index is 0.358. The fourth-order valence-corrected chi connectivity index (χ4v) is 2.37. The van der Waals surface area contributed by atoms with E-state index in [1.54, 1.807) is 20.4 Å². The highest BCUT2D eigenvalue weighted by atomic mass is 16.6. The SMILES string of the molecule is COc1cccc(C=NOCCOc2c(C)cccc2C)c1OC. The number of ether oxygens (including phenoxy) is 3. The first-order valence-electron chi connectivity index (χ1n) is 7.72. The Kier molecular flexibility index (Phi) is 6.49. The summed E-state index contributed by atoms with van der Waals surface area (Å²) in [7, 11) is 3.19. The molecule has 0 amide bonds. The number of aryl methyl sites for hydroxylation is 2. The van der Waals surface area contributed by atoms with E-state index in [0.29, 0.717) is 24.7 Å². The van der Waals surface area contributed by atoms with E-state index in [1.807, 2.05) is 50.2 Å². The van der Waals surface area contributed by atoms with Gasteiger partial charge in [0.05, 0.1) is 20.4 Å². The van der Waals surface area contributed by atoms with Gasteiger partial charge in [-0.2, -0.15) is 0 Å². The summed E-state index contributed by atoms with van der Waals surface area (Å²) in [5.74, 6) is 2.18. The van der Waals surface area contributed by atoms with Crippen LogP contribution >= 0.6 is 0 Å². The molecule has 0 aliphatic carbocycles. The summed E-state index contributed by atoms with van der Waals surface area (Å²) in [5, 5.41) is 3.96. The summed E-state index contributed by atoms with van der Waals surface area (Å²) in [6.45, 7) is 4.83. The molecule has 2 aromatic carbocycles. The van der Waals surface area contributed by atoms with Crippen LogP contribution in [0.3, 0.4) is 0 Å². The van der Waals surface area contributed by atoms with E-state index in [4.69, 9.17) is 19.0 Å². The van der Waals surface area contributed by atoms with Crippen LogP contribution in [0, 0.1) is 13.8 Å². The minimum absolute atomic E-state index is 0.358. The lowest BCUT2D eigenvalue weighted by Gasteiger charge is -2.11. The molecule has 0 aromatic heterocycles. The van der Waals surface area contributed by atoms with E-state index < -0.39 is 0 Å². The van der Waals surface area contributed by atoms with E-state index in [0.717, 1.165) is 22.4 Å². The molecule has 0 bridgehead atoms.